The highest BCUT2D eigenvalue weighted by molar-refractivity contribution is 6.16. The van der Waals surface area contributed by atoms with E-state index in [0.29, 0.717) is 6.54 Å². The van der Waals surface area contributed by atoms with Crippen LogP contribution < -0.4 is 15.3 Å². The molecular weight excluding hydrogens is 335 g/mol. The van der Waals surface area contributed by atoms with E-state index in [9.17, 15) is 9.18 Å². The summed E-state index contributed by atoms with van der Waals surface area (Å²) in [6.07, 6.45) is 5.19. The largest absolute Gasteiger partial charge is 0.454 e. The van der Waals surface area contributed by atoms with Gasteiger partial charge in [0.15, 0.2) is 17.3 Å². The second-order valence-corrected chi connectivity index (χ2v) is 5.95. The Bertz CT molecular complexity index is 858. The van der Waals surface area contributed by atoms with Crippen molar-refractivity contribution in [2.45, 2.75) is 6.54 Å². The van der Waals surface area contributed by atoms with Crippen LogP contribution in [0.1, 0.15) is 11.1 Å². The molecule has 134 valence electrons. The quantitative estimate of drug-likeness (QED) is 0.521. The van der Waals surface area contributed by atoms with Crippen molar-refractivity contribution in [3.63, 3.8) is 0 Å². The number of carbonyl (C=O) groups excluding carboxylic acids is 1. The lowest BCUT2D eigenvalue weighted by Gasteiger charge is -2.08. The van der Waals surface area contributed by atoms with Gasteiger partial charge in [-0.3, -0.25) is 10.6 Å². The zero-order valence-electron chi connectivity index (χ0n) is 14.3. The standard InChI is InChI=1S/C12H8O3.C8H11FN2/c13-10-3-2-9(10)5-8-1-4-11-12(6-8)15-7-14-11;1-11(10)6-7-2-4-8(9)5-3-7/h1-6H,7H2;2-5H,6,10H2,1H3. The van der Waals surface area contributed by atoms with Crippen molar-refractivity contribution in [2.75, 3.05) is 13.8 Å². The minimum absolute atomic E-state index is 0.0765. The van der Waals surface area contributed by atoms with Crippen LogP contribution in [-0.2, 0) is 11.3 Å². The van der Waals surface area contributed by atoms with Crippen molar-refractivity contribution in [3.8, 4) is 11.5 Å². The smallest absolute Gasteiger partial charge is 0.231 e. The van der Waals surface area contributed by atoms with Crippen LogP contribution in [0.2, 0.25) is 0 Å². The van der Waals surface area contributed by atoms with Gasteiger partial charge in [-0.2, -0.15) is 0 Å². The van der Waals surface area contributed by atoms with E-state index in [1.54, 1.807) is 36.3 Å². The highest BCUT2D eigenvalue weighted by Crippen LogP contribution is 2.33. The van der Waals surface area contributed by atoms with Crippen LogP contribution in [0.5, 0.6) is 11.5 Å². The number of halogens is 1. The van der Waals surface area contributed by atoms with Gasteiger partial charge in [-0.05, 0) is 53.6 Å². The molecule has 0 bridgehead atoms. The van der Waals surface area contributed by atoms with Crippen molar-refractivity contribution in [2.24, 2.45) is 5.84 Å². The number of hydrazine groups is 1. The zero-order chi connectivity index (χ0) is 18.5. The number of hydrogen-bond acceptors (Lipinski definition) is 5. The first-order valence-electron chi connectivity index (χ1n) is 8.05. The van der Waals surface area contributed by atoms with E-state index in [0.717, 1.165) is 28.2 Å². The van der Waals surface area contributed by atoms with Crippen LogP contribution in [0.25, 0.3) is 6.08 Å². The second kappa shape index (κ2) is 7.95. The molecule has 1 heterocycles. The molecule has 2 aromatic carbocycles. The van der Waals surface area contributed by atoms with Crippen molar-refractivity contribution in [3.05, 3.63) is 77.1 Å². The van der Waals surface area contributed by atoms with E-state index >= 15 is 0 Å². The Morgan fingerprint density at radius 3 is 2.46 bits per heavy atom. The first-order valence-corrected chi connectivity index (χ1v) is 8.05. The summed E-state index contributed by atoms with van der Waals surface area (Å²) in [6.45, 7) is 0.911. The Morgan fingerprint density at radius 2 is 1.85 bits per heavy atom. The van der Waals surface area contributed by atoms with E-state index in [2.05, 4.69) is 0 Å². The Balaban J connectivity index is 0.000000160. The molecule has 0 saturated carbocycles. The molecule has 2 aromatic rings. The van der Waals surface area contributed by atoms with Crippen molar-refractivity contribution in [1.29, 1.82) is 0 Å². The summed E-state index contributed by atoms with van der Waals surface area (Å²) < 4.78 is 22.8. The van der Waals surface area contributed by atoms with E-state index in [1.165, 1.54) is 12.1 Å². The van der Waals surface area contributed by atoms with Gasteiger partial charge >= 0.3 is 0 Å². The van der Waals surface area contributed by atoms with E-state index in [1.807, 2.05) is 24.3 Å². The lowest BCUT2D eigenvalue weighted by molar-refractivity contribution is -0.111. The summed E-state index contributed by atoms with van der Waals surface area (Å²) in [5.74, 6) is 6.76. The molecule has 1 aliphatic heterocycles. The summed E-state index contributed by atoms with van der Waals surface area (Å²) in [4.78, 5) is 11.1. The molecule has 0 saturated heterocycles. The number of hydrogen-bond donors (Lipinski definition) is 1. The number of fused-ring (bicyclic) bond motifs is 1. The average molecular weight is 354 g/mol. The Labute approximate surface area is 151 Å². The fourth-order valence-electron chi connectivity index (χ4n) is 2.43. The Morgan fingerprint density at radius 1 is 1.12 bits per heavy atom. The molecule has 0 unspecified atom stereocenters. The van der Waals surface area contributed by atoms with E-state index < -0.39 is 0 Å². The van der Waals surface area contributed by atoms with Crippen LogP contribution in [0.3, 0.4) is 0 Å². The number of ketones is 1. The molecule has 4 rings (SSSR count). The first-order chi connectivity index (χ1) is 12.5. The Hall–Kier alpha value is -2.96. The van der Waals surface area contributed by atoms with Crippen molar-refractivity contribution >= 4 is 11.9 Å². The minimum atomic E-state index is -0.214. The topological polar surface area (TPSA) is 64.8 Å². The molecule has 26 heavy (non-hydrogen) atoms. The zero-order valence-corrected chi connectivity index (χ0v) is 14.3. The van der Waals surface area contributed by atoms with Gasteiger partial charge in [0.1, 0.15) is 5.82 Å². The molecule has 2 N–H and O–H groups in total. The fraction of sp³-hybridized carbons (Fsp3) is 0.150. The SMILES string of the molecule is CN(N)Cc1ccc(F)cc1.O=C1C=CC1=Cc1ccc2c(c1)OCO2. The number of carbonyl (C=O) groups is 1. The van der Waals surface area contributed by atoms with Gasteiger partial charge in [-0.1, -0.05) is 18.2 Å². The predicted octanol–water partition coefficient (Wildman–Crippen LogP) is 3.07. The summed E-state index contributed by atoms with van der Waals surface area (Å²) >= 11 is 0. The number of nitrogens with two attached hydrogens (primary N) is 1. The van der Waals surface area contributed by atoms with E-state index in [4.69, 9.17) is 15.3 Å². The second-order valence-electron chi connectivity index (χ2n) is 5.95. The summed E-state index contributed by atoms with van der Waals surface area (Å²) in [5.41, 5.74) is 2.69. The highest BCUT2D eigenvalue weighted by Gasteiger charge is 2.15. The molecule has 0 atom stereocenters. The Kier molecular flexibility index (Phi) is 5.46. The normalized spacial score (nSPS) is 15.7. The third-order valence-corrected chi connectivity index (χ3v) is 3.76. The molecular formula is C20H19FN2O3. The number of nitrogens with zero attached hydrogens (tertiary/aromatic N) is 1. The van der Waals surface area contributed by atoms with Crippen LogP contribution in [-0.4, -0.2) is 24.6 Å². The van der Waals surface area contributed by atoms with Crippen molar-refractivity contribution < 1.29 is 18.7 Å². The molecule has 0 spiro atoms. The monoisotopic (exact) mass is 354 g/mol. The first kappa shape index (κ1) is 17.8. The van der Waals surface area contributed by atoms with Gasteiger partial charge in [0, 0.05) is 19.2 Å². The summed E-state index contributed by atoms with van der Waals surface area (Å²) in [6, 6.07) is 11.9. The number of allylic oxidation sites excluding steroid dienone is 3. The van der Waals surface area contributed by atoms with Gasteiger partial charge < -0.3 is 9.47 Å². The maximum atomic E-state index is 12.4. The van der Waals surface area contributed by atoms with Crippen LogP contribution in [0.4, 0.5) is 4.39 Å². The van der Waals surface area contributed by atoms with Gasteiger partial charge in [0.25, 0.3) is 0 Å². The molecule has 0 fully saturated rings. The molecule has 5 nitrogen and oxygen atoms in total. The molecule has 2 aliphatic rings. The van der Waals surface area contributed by atoms with E-state index in [-0.39, 0.29) is 18.4 Å². The highest BCUT2D eigenvalue weighted by atomic mass is 19.1. The molecule has 6 heteroatoms. The number of rotatable bonds is 3. The molecule has 1 aliphatic carbocycles. The third-order valence-electron chi connectivity index (χ3n) is 3.76. The van der Waals surface area contributed by atoms with Crippen LogP contribution in [0.15, 0.2) is 60.2 Å². The summed E-state index contributed by atoms with van der Waals surface area (Å²) in [5, 5.41) is 1.55. The van der Waals surface area contributed by atoms with Crippen LogP contribution >= 0.6 is 0 Å². The number of benzene rings is 2. The molecule has 0 amide bonds. The van der Waals surface area contributed by atoms with Crippen molar-refractivity contribution in [1.82, 2.24) is 5.01 Å². The fourth-order valence-corrected chi connectivity index (χ4v) is 2.43. The predicted molar refractivity (Wildman–Crippen MR) is 96.7 cm³/mol. The van der Waals surface area contributed by atoms with Gasteiger partial charge in [0.05, 0.1) is 0 Å². The van der Waals surface area contributed by atoms with Crippen LogP contribution in [0, 0.1) is 5.82 Å². The lowest BCUT2D eigenvalue weighted by Crippen LogP contribution is -2.24. The average Bonchev–Trinajstić information content (AvgIpc) is 3.08. The van der Waals surface area contributed by atoms with Gasteiger partial charge in [0.2, 0.25) is 6.79 Å². The summed E-state index contributed by atoms with van der Waals surface area (Å²) in [7, 11) is 1.77. The van der Waals surface area contributed by atoms with Gasteiger partial charge in [-0.15, -0.1) is 0 Å². The maximum Gasteiger partial charge on any atom is 0.231 e. The third kappa shape index (κ3) is 4.56. The molecule has 0 aromatic heterocycles. The minimum Gasteiger partial charge on any atom is -0.454 e. The number of ether oxygens (including phenoxy) is 2. The maximum absolute atomic E-state index is 12.4. The van der Waals surface area contributed by atoms with Gasteiger partial charge in [-0.25, -0.2) is 9.40 Å². The lowest BCUT2D eigenvalue weighted by atomic mass is 9.98. The molecule has 0 radical (unpaired) electrons.